The number of rotatable bonds is 2. The third-order valence-electron chi connectivity index (χ3n) is 5.77. The van der Waals surface area contributed by atoms with Crippen LogP contribution in [0.25, 0.3) is 11.0 Å². The van der Waals surface area contributed by atoms with Crippen LogP contribution in [-0.4, -0.2) is 58.9 Å². The van der Waals surface area contributed by atoms with Gasteiger partial charge in [-0.2, -0.15) is 0 Å². The Morgan fingerprint density at radius 1 is 1.12 bits per heavy atom. The Morgan fingerprint density at radius 3 is 2.62 bits per heavy atom. The van der Waals surface area contributed by atoms with Gasteiger partial charge in [-0.05, 0) is 62.5 Å². The van der Waals surface area contributed by atoms with Crippen molar-refractivity contribution in [3.05, 3.63) is 34.2 Å². The molecule has 0 unspecified atom stereocenters. The largest absolute Gasteiger partial charge is 0.342 e. The maximum atomic E-state index is 12.7. The number of aromatic nitrogens is 2. The van der Waals surface area contributed by atoms with E-state index in [0.717, 1.165) is 49.2 Å². The molecule has 2 fully saturated rings. The Labute approximate surface area is 140 Å². The van der Waals surface area contributed by atoms with Crippen LogP contribution in [0, 0.1) is 5.41 Å². The number of fused-ring (bicyclic) bond motifs is 1. The number of benzene rings is 1. The second-order valence-corrected chi connectivity index (χ2v) is 7.50. The van der Waals surface area contributed by atoms with Crippen LogP contribution in [-0.2, 0) is 11.2 Å². The Bertz CT molecular complexity index is 814. The molecule has 2 aliphatic rings. The molecule has 2 aliphatic heterocycles. The topological polar surface area (TPSA) is 72.2 Å². The number of nitrogens with zero attached hydrogens (tertiary/aromatic N) is 2. The average molecular weight is 328 g/mol. The minimum Gasteiger partial charge on any atom is -0.342 e. The van der Waals surface area contributed by atoms with E-state index in [2.05, 4.69) is 21.9 Å². The monoisotopic (exact) mass is 328 g/mol. The van der Waals surface area contributed by atoms with Crippen LogP contribution >= 0.6 is 0 Å². The number of aromatic amines is 2. The summed E-state index contributed by atoms with van der Waals surface area (Å²) in [4.78, 5) is 33.9. The lowest BCUT2D eigenvalue weighted by atomic mass is 9.78. The van der Waals surface area contributed by atoms with Crippen LogP contribution < -0.4 is 5.69 Å². The molecule has 0 aliphatic carbocycles. The zero-order valence-electron chi connectivity index (χ0n) is 14.1. The molecule has 4 rings (SSSR count). The molecule has 0 atom stereocenters. The van der Waals surface area contributed by atoms with Crippen molar-refractivity contribution in [1.29, 1.82) is 0 Å². The quantitative estimate of drug-likeness (QED) is 0.874. The normalized spacial score (nSPS) is 21.0. The number of carbonyl (C=O) groups excluding carboxylic acids is 1. The molecule has 24 heavy (non-hydrogen) atoms. The van der Waals surface area contributed by atoms with E-state index in [1.807, 2.05) is 23.1 Å². The summed E-state index contributed by atoms with van der Waals surface area (Å²) in [6.07, 6.45) is 3.93. The van der Waals surface area contributed by atoms with Gasteiger partial charge in [-0.1, -0.05) is 6.07 Å². The summed E-state index contributed by atoms with van der Waals surface area (Å²) >= 11 is 0. The highest BCUT2D eigenvalue weighted by molar-refractivity contribution is 5.81. The number of H-pyrrole nitrogens is 2. The molecule has 1 aromatic heterocycles. The number of carbonyl (C=O) groups is 1. The van der Waals surface area contributed by atoms with Crippen LogP contribution in [0.15, 0.2) is 23.0 Å². The number of nitrogens with one attached hydrogen (secondary N) is 2. The molecule has 2 saturated heterocycles. The number of hydrogen-bond donors (Lipinski definition) is 2. The fourth-order valence-electron chi connectivity index (χ4n) is 4.13. The first-order valence-corrected chi connectivity index (χ1v) is 8.70. The number of piperidine rings is 1. The van der Waals surface area contributed by atoms with Crippen molar-refractivity contribution >= 4 is 16.9 Å². The van der Waals surface area contributed by atoms with Gasteiger partial charge in [0.25, 0.3) is 0 Å². The maximum absolute atomic E-state index is 12.7. The summed E-state index contributed by atoms with van der Waals surface area (Å²) in [6.45, 7) is 4.06. The first-order chi connectivity index (χ1) is 11.5. The van der Waals surface area contributed by atoms with Gasteiger partial charge in [0, 0.05) is 13.1 Å². The van der Waals surface area contributed by atoms with E-state index < -0.39 is 0 Å². The Balaban J connectivity index is 1.43. The molecule has 2 N–H and O–H groups in total. The van der Waals surface area contributed by atoms with Gasteiger partial charge in [0.2, 0.25) is 5.91 Å². The van der Waals surface area contributed by atoms with E-state index in [1.54, 1.807) is 0 Å². The first kappa shape index (κ1) is 15.4. The fourth-order valence-corrected chi connectivity index (χ4v) is 4.13. The third-order valence-corrected chi connectivity index (χ3v) is 5.77. The van der Waals surface area contributed by atoms with Gasteiger partial charge >= 0.3 is 5.69 Å². The first-order valence-electron chi connectivity index (χ1n) is 8.70. The summed E-state index contributed by atoms with van der Waals surface area (Å²) in [7, 11) is 2.17. The van der Waals surface area contributed by atoms with Gasteiger partial charge in [-0.15, -0.1) is 0 Å². The summed E-state index contributed by atoms with van der Waals surface area (Å²) in [5.74, 6) is 0.197. The molecule has 1 spiro atoms. The highest BCUT2D eigenvalue weighted by atomic mass is 16.2. The predicted octanol–water partition coefficient (Wildman–Crippen LogP) is 1.34. The molecule has 2 aromatic rings. The van der Waals surface area contributed by atoms with Crippen LogP contribution in [0.2, 0.25) is 0 Å². The molecule has 1 aromatic carbocycles. The highest BCUT2D eigenvalue weighted by Crippen LogP contribution is 2.40. The lowest BCUT2D eigenvalue weighted by Gasteiger charge is -2.37. The van der Waals surface area contributed by atoms with Crippen LogP contribution in [0.3, 0.4) is 0 Å². The van der Waals surface area contributed by atoms with Gasteiger partial charge < -0.3 is 19.8 Å². The van der Waals surface area contributed by atoms with Crippen molar-refractivity contribution in [2.24, 2.45) is 5.41 Å². The average Bonchev–Trinajstić information content (AvgIpc) is 3.13. The minimum absolute atomic E-state index is 0.197. The second kappa shape index (κ2) is 5.77. The van der Waals surface area contributed by atoms with Crippen LogP contribution in [0.5, 0.6) is 0 Å². The molecule has 6 heteroatoms. The van der Waals surface area contributed by atoms with Gasteiger partial charge in [0.15, 0.2) is 0 Å². The van der Waals surface area contributed by atoms with E-state index in [0.29, 0.717) is 11.8 Å². The van der Waals surface area contributed by atoms with E-state index in [1.165, 1.54) is 12.8 Å². The number of hydrogen-bond acceptors (Lipinski definition) is 3. The summed E-state index contributed by atoms with van der Waals surface area (Å²) in [5.41, 5.74) is 2.63. The molecule has 128 valence electrons. The molecular formula is C18H24N4O2. The molecule has 3 heterocycles. The zero-order chi connectivity index (χ0) is 16.7. The van der Waals surface area contributed by atoms with E-state index in [-0.39, 0.29) is 11.6 Å². The van der Waals surface area contributed by atoms with E-state index >= 15 is 0 Å². The van der Waals surface area contributed by atoms with Crippen LogP contribution in [0.4, 0.5) is 0 Å². The van der Waals surface area contributed by atoms with Gasteiger partial charge in [-0.3, -0.25) is 4.79 Å². The minimum atomic E-state index is -0.211. The van der Waals surface area contributed by atoms with Crippen molar-refractivity contribution in [2.75, 3.05) is 33.2 Å². The van der Waals surface area contributed by atoms with Crippen molar-refractivity contribution in [2.45, 2.75) is 25.7 Å². The smallest absolute Gasteiger partial charge is 0.323 e. The van der Waals surface area contributed by atoms with Gasteiger partial charge in [0.05, 0.1) is 17.5 Å². The summed E-state index contributed by atoms with van der Waals surface area (Å²) < 4.78 is 0. The highest BCUT2D eigenvalue weighted by Gasteiger charge is 2.41. The molecular weight excluding hydrogens is 304 g/mol. The molecule has 0 saturated carbocycles. The maximum Gasteiger partial charge on any atom is 0.323 e. The van der Waals surface area contributed by atoms with Crippen molar-refractivity contribution in [3.8, 4) is 0 Å². The van der Waals surface area contributed by atoms with Gasteiger partial charge in [0.1, 0.15) is 0 Å². The molecule has 1 amide bonds. The van der Waals surface area contributed by atoms with Crippen molar-refractivity contribution in [3.63, 3.8) is 0 Å². The molecule has 6 nitrogen and oxygen atoms in total. The zero-order valence-corrected chi connectivity index (χ0v) is 14.1. The molecule has 0 radical (unpaired) electrons. The second-order valence-electron chi connectivity index (χ2n) is 7.50. The van der Waals surface area contributed by atoms with Gasteiger partial charge in [-0.25, -0.2) is 4.79 Å². The Morgan fingerprint density at radius 2 is 1.83 bits per heavy atom. The number of likely N-dealkylation sites (tertiary alicyclic amines) is 2. The standard InChI is InChI=1S/C18H24N4O2/c1-21-7-4-18(5-8-21)6-9-22(12-18)16(23)11-13-2-3-14-15(10-13)20-17(24)19-14/h2-3,10H,4-9,11-12H2,1H3,(H2,19,20,24). The van der Waals surface area contributed by atoms with E-state index in [4.69, 9.17) is 0 Å². The number of imidazole rings is 1. The SMILES string of the molecule is CN1CCC2(CC1)CCN(C(=O)Cc1ccc3[nH]c(=O)[nH]c3c1)C2. The Hall–Kier alpha value is -2.08. The fraction of sp³-hybridized carbons (Fsp3) is 0.556. The van der Waals surface area contributed by atoms with E-state index in [9.17, 15) is 9.59 Å². The third kappa shape index (κ3) is 2.86. The summed E-state index contributed by atoms with van der Waals surface area (Å²) in [6, 6.07) is 5.68. The number of amides is 1. The molecule has 0 bridgehead atoms. The van der Waals surface area contributed by atoms with Crippen molar-refractivity contribution in [1.82, 2.24) is 19.8 Å². The van der Waals surface area contributed by atoms with Crippen molar-refractivity contribution < 1.29 is 4.79 Å². The van der Waals surface area contributed by atoms with Crippen LogP contribution in [0.1, 0.15) is 24.8 Å². The summed E-state index contributed by atoms with van der Waals surface area (Å²) in [5, 5.41) is 0. The lowest BCUT2D eigenvalue weighted by Crippen LogP contribution is -2.40. The predicted molar refractivity (Wildman–Crippen MR) is 93.0 cm³/mol. The Kier molecular flexibility index (Phi) is 3.72. The lowest BCUT2D eigenvalue weighted by molar-refractivity contribution is -0.130.